The molecule has 0 aliphatic carbocycles. The minimum absolute atomic E-state index is 0.0206. The summed E-state index contributed by atoms with van der Waals surface area (Å²) in [7, 11) is 0. The van der Waals surface area contributed by atoms with E-state index in [9.17, 15) is 14.4 Å². The van der Waals surface area contributed by atoms with Crippen LogP contribution in [0.1, 0.15) is 36.0 Å². The average molecular weight is 365 g/mol. The Morgan fingerprint density at radius 1 is 1.07 bits per heavy atom. The van der Waals surface area contributed by atoms with E-state index in [1.165, 1.54) is 0 Å². The van der Waals surface area contributed by atoms with Crippen molar-refractivity contribution in [2.75, 3.05) is 19.6 Å². The third kappa shape index (κ3) is 2.66. The molecule has 1 aromatic carbocycles. The molecule has 0 saturated carbocycles. The molecule has 2 aromatic rings. The zero-order chi connectivity index (χ0) is 18.5. The third-order valence-corrected chi connectivity index (χ3v) is 6.51. The first-order valence-electron chi connectivity index (χ1n) is 9.81. The van der Waals surface area contributed by atoms with E-state index in [2.05, 4.69) is 9.88 Å². The fourth-order valence-electron chi connectivity index (χ4n) is 5.33. The molecular weight excluding hydrogens is 342 g/mol. The van der Waals surface area contributed by atoms with Crippen LogP contribution < -0.4 is 5.56 Å². The van der Waals surface area contributed by atoms with Gasteiger partial charge < -0.3 is 14.8 Å². The highest BCUT2D eigenvalue weighted by Crippen LogP contribution is 2.38. The van der Waals surface area contributed by atoms with Crippen LogP contribution in [0.5, 0.6) is 0 Å². The van der Waals surface area contributed by atoms with Crippen molar-refractivity contribution in [3.05, 3.63) is 46.4 Å². The predicted octanol–water partition coefficient (Wildman–Crippen LogP) is 2.00. The van der Waals surface area contributed by atoms with Crippen molar-refractivity contribution < 1.29 is 9.59 Å². The molecule has 4 heterocycles. The third-order valence-electron chi connectivity index (χ3n) is 6.51. The highest BCUT2D eigenvalue weighted by Gasteiger charge is 2.44. The molecule has 3 atom stereocenters. The number of hydrogen-bond donors (Lipinski definition) is 1. The van der Waals surface area contributed by atoms with E-state index in [0.717, 1.165) is 25.8 Å². The van der Waals surface area contributed by atoms with Crippen molar-refractivity contribution in [3.63, 3.8) is 0 Å². The van der Waals surface area contributed by atoms with Crippen LogP contribution >= 0.6 is 0 Å². The van der Waals surface area contributed by atoms with Gasteiger partial charge in [0.2, 0.25) is 5.91 Å². The molecule has 6 heteroatoms. The number of amides is 2. The molecule has 3 aliphatic rings. The summed E-state index contributed by atoms with van der Waals surface area (Å²) in [5, 5.41) is 1.25. The van der Waals surface area contributed by atoms with E-state index >= 15 is 0 Å². The molecule has 1 N–H and O–H groups in total. The largest absolute Gasteiger partial charge is 0.339 e. The summed E-state index contributed by atoms with van der Waals surface area (Å²) >= 11 is 0. The van der Waals surface area contributed by atoms with Crippen LogP contribution in [-0.2, 0) is 4.79 Å². The number of H-pyrrole nitrogens is 1. The van der Waals surface area contributed by atoms with E-state index in [1.54, 1.807) is 12.3 Å². The molecule has 2 bridgehead atoms. The van der Waals surface area contributed by atoms with Gasteiger partial charge in [-0.05, 0) is 37.2 Å². The number of piperidine rings is 3. The fourth-order valence-corrected chi connectivity index (χ4v) is 5.33. The van der Waals surface area contributed by atoms with Crippen LogP contribution in [0.3, 0.4) is 0 Å². The number of rotatable bonds is 1. The highest BCUT2D eigenvalue weighted by atomic mass is 16.2. The molecule has 5 rings (SSSR count). The van der Waals surface area contributed by atoms with Crippen molar-refractivity contribution in [1.29, 1.82) is 0 Å². The second-order valence-electron chi connectivity index (χ2n) is 8.15. The van der Waals surface area contributed by atoms with Gasteiger partial charge >= 0.3 is 0 Å². The van der Waals surface area contributed by atoms with Gasteiger partial charge in [-0.3, -0.25) is 14.4 Å². The monoisotopic (exact) mass is 365 g/mol. The van der Waals surface area contributed by atoms with E-state index < -0.39 is 0 Å². The number of hydrogen-bond acceptors (Lipinski definition) is 3. The van der Waals surface area contributed by atoms with Gasteiger partial charge in [0.05, 0.1) is 5.56 Å². The maximum Gasteiger partial charge on any atom is 0.255 e. The number of pyridine rings is 1. The first kappa shape index (κ1) is 16.5. The number of carbonyl (C=O) groups excluding carboxylic acids is 2. The Bertz CT molecular complexity index is 982. The Labute approximate surface area is 157 Å². The Balaban J connectivity index is 1.45. The molecule has 3 fully saturated rings. The lowest BCUT2D eigenvalue weighted by Gasteiger charge is -2.52. The Morgan fingerprint density at radius 3 is 2.74 bits per heavy atom. The zero-order valence-electron chi connectivity index (χ0n) is 15.2. The number of nitrogens with zero attached hydrogens (tertiary/aromatic N) is 2. The van der Waals surface area contributed by atoms with E-state index in [-0.39, 0.29) is 23.4 Å². The number of aromatic amines is 1. The lowest BCUT2D eigenvalue weighted by atomic mass is 9.76. The standard InChI is InChI=1S/C21H23N3O3/c25-19-7-3-6-18-14-8-13(11-24(18)19)10-23(12-14)21(27)17-9-22-20(26)16-5-2-1-4-15(16)17/h1-2,4-5,9,13-14,18H,3,6-8,10-12H2,(H,22,26). The lowest BCUT2D eigenvalue weighted by molar-refractivity contribution is -0.144. The molecule has 140 valence electrons. The molecule has 3 aliphatic heterocycles. The minimum Gasteiger partial charge on any atom is -0.339 e. The first-order chi connectivity index (χ1) is 13.1. The van der Waals surface area contributed by atoms with E-state index in [1.807, 2.05) is 23.1 Å². The van der Waals surface area contributed by atoms with Crippen molar-refractivity contribution in [1.82, 2.24) is 14.8 Å². The molecule has 3 saturated heterocycles. The van der Waals surface area contributed by atoms with E-state index in [0.29, 0.717) is 47.7 Å². The van der Waals surface area contributed by atoms with Crippen LogP contribution in [0.2, 0.25) is 0 Å². The number of aromatic nitrogens is 1. The molecule has 0 radical (unpaired) electrons. The van der Waals surface area contributed by atoms with Gasteiger partial charge in [-0.15, -0.1) is 0 Å². The Kier molecular flexibility index (Phi) is 3.81. The number of fused-ring (bicyclic) bond motifs is 5. The predicted molar refractivity (Wildman–Crippen MR) is 101 cm³/mol. The van der Waals surface area contributed by atoms with Gasteiger partial charge in [-0.1, -0.05) is 18.2 Å². The summed E-state index contributed by atoms with van der Waals surface area (Å²) < 4.78 is 0. The van der Waals surface area contributed by atoms with Crippen LogP contribution in [-0.4, -0.2) is 52.3 Å². The first-order valence-corrected chi connectivity index (χ1v) is 9.81. The second kappa shape index (κ2) is 6.22. The van der Waals surface area contributed by atoms with Gasteiger partial charge in [0.15, 0.2) is 0 Å². The van der Waals surface area contributed by atoms with E-state index in [4.69, 9.17) is 0 Å². The van der Waals surface area contributed by atoms with Crippen molar-refractivity contribution in [2.45, 2.75) is 31.7 Å². The van der Waals surface area contributed by atoms with Crippen LogP contribution in [0.4, 0.5) is 0 Å². The topological polar surface area (TPSA) is 73.5 Å². The minimum atomic E-state index is -0.172. The van der Waals surface area contributed by atoms with Crippen molar-refractivity contribution >= 4 is 22.6 Å². The Morgan fingerprint density at radius 2 is 1.89 bits per heavy atom. The molecule has 6 nitrogen and oxygen atoms in total. The molecular formula is C21H23N3O3. The molecule has 0 spiro atoms. The number of nitrogens with one attached hydrogen (secondary N) is 1. The molecule has 2 amide bonds. The maximum absolute atomic E-state index is 13.3. The van der Waals surface area contributed by atoms with Gasteiger partial charge in [0, 0.05) is 49.1 Å². The van der Waals surface area contributed by atoms with Crippen LogP contribution in [0, 0.1) is 11.8 Å². The summed E-state index contributed by atoms with van der Waals surface area (Å²) in [6.07, 6.45) is 5.33. The van der Waals surface area contributed by atoms with Crippen LogP contribution in [0.25, 0.3) is 10.8 Å². The van der Waals surface area contributed by atoms with Crippen LogP contribution in [0.15, 0.2) is 35.3 Å². The van der Waals surface area contributed by atoms with Crippen molar-refractivity contribution in [2.24, 2.45) is 11.8 Å². The molecule has 3 unspecified atom stereocenters. The average Bonchev–Trinajstić information content (AvgIpc) is 2.69. The summed E-state index contributed by atoms with van der Waals surface area (Å²) in [4.78, 5) is 44.4. The van der Waals surface area contributed by atoms with Gasteiger partial charge in [0.1, 0.15) is 0 Å². The molecule has 1 aromatic heterocycles. The van der Waals surface area contributed by atoms with Gasteiger partial charge in [0.25, 0.3) is 11.5 Å². The summed E-state index contributed by atoms with van der Waals surface area (Å²) in [6, 6.07) is 7.54. The van der Waals surface area contributed by atoms with Crippen molar-refractivity contribution in [3.8, 4) is 0 Å². The number of likely N-dealkylation sites (tertiary alicyclic amines) is 1. The summed E-state index contributed by atoms with van der Waals surface area (Å²) in [6.45, 7) is 2.15. The lowest BCUT2D eigenvalue weighted by Crippen LogP contribution is -2.61. The number of benzene rings is 1. The SMILES string of the molecule is O=C(c1c[nH]c(=O)c2ccccc12)N1CC2CC(C1)C1CCCC(=O)N1C2. The number of carbonyl (C=O) groups is 2. The quantitative estimate of drug-likeness (QED) is 0.840. The Hall–Kier alpha value is -2.63. The molecule has 27 heavy (non-hydrogen) atoms. The van der Waals surface area contributed by atoms with Gasteiger partial charge in [-0.2, -0.15) is 0 Å². The highest BCUT2D eigenvalue weighted by molar-refractivity contribution is 6.06. The summed E-state index contributed by atoms with van der Waals surface area (Å²) in [5.41, 5.74) is 0.385. The zero-order valence-corrected chi connectivity index (χ0v) is 15.2. The fraction of sp³-hybridized carbons (Fsp3) is 0.476. The van der Waals surface area contributed by atoms with Gasteiger partial charge in [-0.25, -0.2) is 0 Å². The maximum atomic E-state index is 13.3. The second-order valence-corrected chi connectivity index (χ2v) is 8.15. The normalized spacial score (nSPS) is 27.6. The smallest absolute Gasteiger partial charge is 0.255 e. The summed E-state index contributed by atoms with van der Waals surface area (Å²) in [5.74, 6) is 0.972.